The number of rotatable bonds is 6. The van der Waals surface area contributed by atoms with Gasteiger partial charge < -0.3 is 14.9 Å². The summed E-state index contributed by atoms with van der Waals surface area (Å²) in [6.45, 7) is 0.269. The summed E-state index contributed by atoms with van der Waals surface area (Å²) in [5, 5.41) is 27.8. The van der Waals surface area contributed by atoms with Crippen LogP contribution in [0.5, 0.6) is 0 Å². The molecule has 0 bridgehead atoms. The van der Waals surface area contributed by atoms with Crippen molar-refractivity contribution < 1.29 is 19.9 Å². The van der Waals surface area contributed by atoms with Gasteiger partial charge in [0.15, 0.2) is 0 Å². The topological polar surface area (TPSA) is 92.8 Å². The van der Waals surface area contributed by atoms with Crippen LogP contribution >= 0.6 is 0 Å². The fourth-order valence-corrected chi connectivity index (χ4v) is 0.602. The molecule has 0 aromatic rings. The molecule has 0 rings (SSSR count). The van der Waals surface area contributed by atoms with Crippen molar-refractivity contribution in [1.29, 1.82) is 0 Å². The lowest BCUT2D eigenvalue weighted by Gasteiger charge is -2.19. The van der Waals surface area contributed by atoms with Crippen molar-refractivity contribution in [3.8, 4) is 0 Å². The van der Waals surface area contributed by atoms with Crippen LogP contribution in [0.3, 0.4) is 0 Å². The van der Waals surface area contributed by atoms with Gasteiger partial charge in [0.1, 0.15) is 19.8 Å². The Balaban J connectivity index is 4.25. The van der Waals surface area contributed by atoms with Crippen molar-refractivity contribution in [2.24, 2.45) is 0 Å². The smallest absolute Gasteiger partial charge is 0.289 e. The van der Waals surface area contributed by atoms with E-state index in [2.05, 4.69) is 0 Å². The molecule has 0 unspecified atom stereocenters. The van der Waals surface area contributed by atoms with Crippen molar-refractivity contribution in [2.75, 3.05) is 26.4 Å². The molecule has 2 N–H and O–H groups in total. The predicted octanol–water partition coefficient (Wildman–Crippen LogP) is -0.977. The van der Waals surface area contributed by atoms with E-state index < -0.39 is 23.7 Å². The number of aliphatic hydroxyl groups excluding tert-OH is 2. The predicted molar refractivity (Wildman–Crippen MR) is 40.4 cm³/mol. The second-order valence-corrected chi connectivity index (χ2v) is 2.43. The van der Waals surface area contributed by atoms with Crippen LogP contribution in [0.4, 0.5) is 0 Å². The van der Waals surface area contributed by atoms with E-state index in [1.165, 1.54) is 0 Å². The Morgan fingerprint density at radius 1 is 1.50 bits per heavy atom. The lowest BCUT2D eigenvalue weighted by atomic mass is 10.1. The van der Waals surface area contributed by atoms with Gasteiger partial charge in [-0.3, -0.25) is 10.1 Å². The molecule has 0 aliphatic heterocycles. The molecule has 0 aromatic carbocycles. The fourth-order valence-electron chi connectivity index (χ4n) is 0.602. The van der Waals surface area contributed by atoms with Gasteiger partial charge in [-0.1, -0.05) is 0 Å². The third kappa shape index (κ3) is 2.40. The first-order valence-electron chi connectivity index (χ1n) is 3.57. The largest absolute Gasteiger partial charge is 0.389 e. The van der Waals surface area contributed by atoms with Crippen LogP contribution in [0.1, 0.15) is 6.92 Å². The maximum atomic E-state index is 10.4. The average molecular weight is 179 g/mol. The molecule has 0 fully saturated rings. The summed E-state index contributed by atoms with van der Waals surface area (Å²) in [5.41, 5.74) is -1.75. The van der Waals surface area contributed by atoms with Gasteiger partial charge in [0.2, 0.25) is 0 Å². The Bertz CT molecular complexity index is 145. The molecule has 6 nitrogen and oxygen atoms in total. The summed E-state index contributed by atoms with van der Waals surface area (Å²) in [6, 6.07) is 0. The first kappa shape index (κ1) is 11.3. The minimum atomic E-state index is -1.75. The van der Waals surface area contributed by atoms with E-state index in [0.29, 0.717) is 6.61 Å². The second-order valence-electron chi connectivity index (χ2n) is 2.43. The van der Waals surface area contributed by atoms with Crippen molar-refractivity contribution in [3.63, 3.8) is 0 Å². The highest BCUT2D eigenvalue weighted by Crippen LogP contribution is 2.08. The Labute approximate surface area is 69.9 Å². The standard InChI is InChI=1S/C6H13NO5/c1-2-12-5-6(3-8,4-9)7(10)11/h8-9H,2-5H2,1H3. The molecule has 0 spiro atoms. The van der Waals surface area contributed by atoms with Crippen LogP contribution in [0.25, 0.3) is 0 Å². The molecule has 72 valence electrons. The molecule has 0 aliphatic rings. The Hall–Kier alpha value is -0.720. The van der Waals surface area contributed by atoms with E-state index in [0.717, 1.165) is 0 Å². The lowest BCUT2D eigenvalue weighted by Crippen LogP contribution is -2.50. The Morgan fingerprint density at radius 3 is 2.25 bits per heavy atom. The van der Waals surface area contributed by atoms with Gasteiger partial charge in [0.25, 0.3) is 5.54 Å². The number of hydrogen-bond acceptors (Lipinski definition) is 5. The van der Waals surface area contributed by atoms with E-state index in [9.17, 15) is 10.1 Å². The summed E-state index contributed by atoms with van der Waals surface area (Å²) in [6.07, 6.45) is 0. The summed E-state index contributed by atoms with van der Waals surface area (Å²) >= 11 is 0. The highest BCUT2D eigenvalue weighted by atomic mass is 16.6. The van der Waals surface area contributed by atoms with E-state index in [1.807, 2.05) is 0 Å². The van der Waals surface area contributed by atoms with Gasteiger partial charge in [-0.25, -0.2) is 0 Å². The number of nitrogens with zero attached hydrogens (tertiary/aromatic N) is 1. The second kappa shape index (κ2) is 5.02. The van der Waals surface area contributed by atoms with Crippen LogP contribution in [-0.2, 0) is 4.74 Å². The first-order valence-corrected chi connectivity index (χ1v) is 3.57. The van der Waals surface area contributed by atoms with Crippen molar-refractivity contribution >= 4 is 0 Å². The molecule has 0 heterocycles. The van der Waals surface area contributed by atoms with E-state index >= 15 is 0 Å². The van der Waals surface area contributed by atoms with Crippen molar-refractivity contribution in [3.05, 3.63) is 10.1 Å². The van der Waals surface area contributed by atoms with E-state index in [-0.39, 0.29) is 6.61 Å². The van der Waals surface area contributed by atoms with Gasteiger partial charge in [0, 0.05) is 11.5 Å². The van der Waals surface area contributed by atoms with Crippen LogP contribution in [0, 0.1) is 10.1 Å². The molecule has 0 amide bonds. The first-order chi connectivity index (χ1) is 5.63. The van der Waals surface area contributed by atoms with Gasteiger partial charge in [-0.15, -0.1) is 0 Å². The van der Waals surface area contributed by atoms with Gasteiger partial charge in [0.05, 0.1) is 0 Å². The van der Waals surface area contributed by atoms with Crippen molar-refractivity contribution in [1.82, 2.24) is 0 Å². The zero-order chi connectivity index (χ0) is 9.61. The van der Waals surface area contributed by atoms with Gasteiger partial charge in [-0.05, 0) is 6.92 Å². The van der Waals surface area contributed by atoms with E-state index in [1.54, 1.807) is 6.92 Å². The van der Waals surface area contributed by atoms with Gasteiger partial charge >= 0.3 is 0 Å². The molecule has 0 aliphatic carbocycles. The van der Waals surface area contributed by atoms with Crippen LogP contribution in [-0.4, -0.2) is 47.1 Å². The quantitative estimate of drug-likeness (QED) is 0.404. The fraction of sp³-hybridized carbons (Fsp3) is 1.00. The number of nitro groups is 1. The number of ether oxygens (including phenoxy) is 1. The minimum Gasteiger partial charge on any atom is -0.389 e. The van der Waals surface area contributed by atoms with Crippen LogP contribution in [0.2, 0.25) is 0 Å². The van der Waals surface area contributed by atoms with E-state index in [4.69, 9.17) is 14.9 Å². The number of hydrogen-bond donors (Lipinski definition) is 2. The normalized spacial score (nSPS) is 11.6. The molecule has 12 heavy (non-hydrogen) atoms. The third-order valence-corrected chi connectivity index (χ3v) is 1.55. The molecule has 0 saturated carbocycles. The highest BCUT2D eigenvalue weighted by molar-refractivity contribution is 4.76. The lowest BCUT2D eigenvalue weighted by molar-refractivity contribution is -0.581. The summed E-state index contributed by atoms with van der Waals surface area (Å²) in [7, 11) is 0. The zero-order valence-electron chi connectivity index (χ0n) is 6.89. The number of aliphatic hydroxyl groups is 2. The van der Waals surface area contributed by atoms with Crippen LogP contribution in [0.15, 0.2) is 0 Å². The average Bonchev–Trinajstić information content (AvgIpc) is 2.07. The highest BCUT2D eigenvalue weighted by Gasteiger charge is 2.42. The summed E-state index contributed by atoms with van der Waals surface area (Å²) in [5.74, 6) is 0. The molecular formula is C6H13NO5. The van der Waals surface area contributed by atoms with Crippen LogP contribution < -0.4 is 0 Å². The molecule has 0 radical (unpaired) electrons. The molecule has 0 saturated heterocycles. The Kier molecular flexibility index (Phi) is 4.72. The maximum absolute atomic E-state index is 10.4. The molecular weight excluding hydrogens is 166 g/mol. The molecule has 0 aromatic heterocycles. The molecule has 0 atom stereocenters. The minimum absolute atomic E-state index is 0.274. The van der Waals surface area contributed by atoms with Gasteiger partial charge in [-0.2, -0.15) is 0 Å². The maximum Gasteiger partial charge on any atom is 0.289 e. The summed E-state index contributed by atoms with van der Waals surface area (Å²) in [4.78, 5) is 9.68. The van der Waals surface area contributed by atoms with Crippen molar-refractivity contribution in [2.45, 2.75) is 12.5 Å². The monoisotopic (exact) mass is 179 g/mol. The SMILES string of the molecule is CCOCC(CO)(CO)[N+](=O)[O-]. The zero-order valence-corrected chi connectivity index (χ0v) is 6.89. The molecule has 6 heteroatoms. The summed E-state index contributed by atoms with van der Waals surface area (Å²) < 4.78 is 4.78. The third-order valence-electron chi connectivity index (χ3n) is 1.55. The Morgan fingerprint density at radius 2 is 2.00 bits per heavy atom.